The molecule has 0 fully saturated rings. The lowest BCUT2D eigenvalue weighted by Gasteiger charge is -2.06. The van der Waals surface area contributed by atoms with Gasteiger partial charge in [0.1, 0.15) is 5.75 Å². The molecule has 1 aromatic heterocycles. The summed E-state index contributed by atoms with van der Waals surface area (Å²) in [6.07, 6.45) is 1.83. The molecule has 0 aliphatic rings. The topological polar surface area (TPSA) is 42.1 Å². The first-order valence-corrected chi connectivity index (χ1v) is 4.39. The summed E-state index contributed by atoms with van der Waals surface area (Å²) in [5, 5.41) is 0.945. The molecule has 0 atom stereocenters. The van der Waals surface area contributed by atoms with Crippen LogP contribution in [0.1, 0.15) is 17.3 Å². The third kappa shape index (κ3) is 1.18. The van der Waals surface area contributed by atoms with E-state index in [1.807, 2.05) is 18.3 Å². The van der Waals surface area contributed by atoms with Crippen molar-refractivity contribution >= 4 is 16.7 Å². The Morgan fingerprint density at radius 2 is 2.14 bits per heavy atom. The van der Waals surface area contributed by atoms with E-state index in [2.05, 4.69) is 4.98 Å². The first kappa shape index (κ1) is 8.81. The van der Waals surface area contributed by atoms with Gasteiger partial charge in [-0.3, -0.25) is 4.79 Å². The van der Waals surface area contributed by atoms with Crippen molar-refractivity contribution in [3.63, 3.8) is 0 Å². The van der Waals surface area contributed by atoms with Crippen LogP contribution in [0.25, 0.3) is 10.9 Å². The summed E-state index contributed by atoms with van der Waals surface area (Å²) in [5.74, 6) is 0.668. The van der Waals surface area contributed by atoms with E-state index >= 15 is 0 Å². The van der Waals surface area contributed by atoms with E-state index in [9.17, 15) is 4.79 Å². The first-order chi connectivity index (χ1) is 6.74. The van der Waals surface area contributed by atoms with Crippen LogP contribution in [0, 0.1) is 0 Å². The summed E-state index contributed by atoms with van der Waals surface area (Å²) in [4.78, 5) is 14.4. The second-order valence-corrected chi connectivity index (χ2v) is 3.14. The molecule has 0 unspecified atom stereocenters. The Hall–Kier alpha value is -1.77. The molecule has 0 aliphatic carbocycles. The van der Waals surface area contributed by atoms with Gasteiger partial charge in [-0.2, -0.15) is 0 Å². The predicted octanol–water partition coefficient (Wildman–Crippen LogP) is 2.38. The maximum absolute atomic E-state index is 11.3. The zero-order chi connectivity index (χ0) is 10.1. The highest BCUT2D eigenvalue weighted by molar-refractivity contribution is 6.03. The summed E-state index contributed by atoms with van der Waals surface area (Å²) in [6, 6.07) is 5.56. The zero-order valence-electron chi connectivity index (χ0n) is 8.13. The highest BCUT2D eigenvalue weighted by atomic mass is 16.5. The van der Waals surface area contributed by atoms with E-state index in [1.54, 1.807) is 13.2 Å². The summed E-state index contributed by atoms with van der Waals surface area (Å²) < 4.78 is 5.24. The minimum Gasteiger partial charge on any atom is -0.495 e. The average Bonchev–Trinajstić information content (AvgIpc) is 2.63. The number of rotatable bonds is 2. The summed E-state index contributed by atoms with van der Waals surface area (Å²) in [6.45, 7) is 1.54. The molecule has 0 saturated heterocycles. The molecule has 0 bridgehead atoms. The average molecular weight is 189 g/mol. The fourth-order valence-corrected chi connectivity index (χ4v) is 1.60. The highest BCUT2D eigenvalue weighted by Gasteiger charge is 2.11. The number of methoxy groups -OCH3 is 1. The Kier molecular flexibility index (Phi) is 2.00. The van der Waals surface area contributed by atoms with Crippen molar-refractivity contribution < 1.29 is 9.53 Å². The fourth-order valence-electron chi connectivity index (χ4n) is 1.60. The Balaban J connectivity index is 2.78. The van der Waals surface area contributed by atoms with Crippen molar-refractivity contribution in [1.82, 2.24) is 4.98 Å². The molecule has 2 aromatic rings. The van der Waals surface area contributed by atoms with Gasteiger partial charge in [0, 0.05) is 17.1 Å². The highest BCUT2D eigenvalue weighted by Crippen LogP contribution is 2.29. The number of ether oxygens (including phenoxy) is 1. The van der Waals surface area contributed by atoms with Crippen molar-refractivity contribution in [2.24, 2.45) is 0 Å². The van der Waals surface area contributed by atoms with Gasteiger partial charge in [-0.05, 0) is 25.1 Å². The van der Waals surface area contributed by atoms with Crippen LogP contribution in [-0.4, -0.2) is 17.9 Å². The van der Waals surface area contributed by atoms with Crippen molar-refractivity contribution in [1.29, 1.82) is 0 Å². The van der Waals surface area contributed by atoms with E-state index in [4.69, 9.17) is 4.74 Å². The Labute approximate surface area is 81.7 Å². The number of fused-ring (bicyclic) bond motifs is 1. The number of carbonyl (C=O) groups excluding carboxylic acids is 1. The fraction of sp³-hybridized carbons (Fsp3) is 0.182. The van der Waals surface area contributed by atoms with Gasteiger partial charge in [0.25, 0.3) is 0 Å². The normalized spacial score (nSPS) is 10.4. The molecule has 3 heteroatoms. The third-order valence-corrected chi connectivity index (χ3v) is 2.27. The van der Waals surface area contributed by atoms with Gasteiger partial charge in [-0.15, -0.1) is 0 Å². The monoisotopic (exact) mass is 189 g/mol. The molecule has 1 heterocycles. The molecule has 72 valence electrons. The molecule has 0 aliphatic heterocycles. The number of H-pyrrole nitrogens is 1. The molecular formula is C11H11NO2. The molecule has 2 rings (SSSR count). The Morgan fingerprint density at radius 3 is 2.79 bits per heavy atom. The van der Waals surface area contributed by atoms with Crippen molar-refractivity contribution in [2.75, 3.05) is 7.11 Å². The van der Waals surface area contributed by atoms with Gasteiger partial charge in [-0.25, -0.2) is 0 Å². The second-order valence-electron chi connectivity index (χ2n) is 3.14. The molecule has 1 N–H and O–H groups in total. The summed E-state index contributed by atoms with van der Waals surface area (Å²) >= 11 is 0. The molecule has 0 radical (unpaired) electrons. The molecule has 14 heavy (non-hydrogen) atoms. The number of aromatic nitrogens is 1. The lowest BCUT2D eigenvalue weighted by Crippen LogP contribution is -1.97. The quantitative estimate of drug-likeness (QED) is 0.737. The lowest BCUT2D eigenvalue weighted by atomic mass is 10.1. The number of hydrogen-bond acceptors (Lipinski definition) is 2. The van der Waals surface area contributed by atoms with Crippen LogP contribution < -0.4 is 4.74 Å². The number of ketones is 1. The number of benzene rings is 1. The van der Waals surface area contributed by atoms with Gasteiger partial charge in [-0.1, -0.05) is 0 Å². The minimum absolute atomic E-state index is 0.0185. The van der Waals surface area contributed by atoms with Crippen molar-refractivity contribution in [3.05, 3.63) is 30.0 Å². The van der Waals surface area contributed by atoms with Gasteiger partial charge in [0.15, 0.2) is 5.78 Å². The first-order valence-electron chi connectivity index (χ1n) is 4.39. The molecule has 0 spiro atoms. The van der Waals surface area contributed by atoms with Crippen LogP contribution in [-0.2, 0) is 0 Å². The van der Waals surface area contributed by atoms with Gasteiger partial charge in [0.05, 0.1) is 12.7 Å². The standard InChI is InChI=1S/C11H11NO2/c1-7(13)8-3-4-10-9(5-6-12-10)11(8)14-2/h3-6,12H,1-2H3. The molecule has 0 amide bonds. The lowest BCUT2D eigenvalue weighted by molar-refractivity contribution is 0.101. The number of aromatic amines is 1. The van der Waals surface area contributed by atoms with Crippen LogP contribution in [0.4, 0.5) is 0 Å². The Morgan fingerprint density at radius 1 is 1.36 bits per heavy atom. The van der Waals surface area contributed by atoms with E-state index in [1.165, 1.54) is 6.92 Å². The molecular weight excluding hydrogens is 178 g/mol. The van der Waals surface area contributed by atoms with Crippen LogP contribution >= 0.6 is 0 Å². The van der Waals surface area contributed by atoms with Crippen molar-refractivity contribution in [3.8, 4) is 5.75 Å². The van der Waals surface area contributed by atoms with Crippen LogP contribution in [0.3, 0.4) is 0 Å². The van der Waals surface area contributed by atoms with Crippen LogP contribution in [0.15, 0.2) is 24.4 Å². The maximum Gasteiger partial charge on any atom is 0.163 e. The van der Waals surface area contributed by atoms with E-state index in [0.29, 0.717) is 11.3 Å². The largest absolute Gasteiger partial charge is 0.495 e. The van der Waals surface area contributed by atoms with Crippen LogP contribution in [0.5, 0.6) is 5.75 Å². The van der Waals surface area contributed by atoms with Gasteiger partial charge >= 0.3 is 0 Å². The molecule has 0 saturated carbocycles. The summed E-state index contributed by atoms with van der Waals surface area (Å²) in [7, 11) is 1.58. The second kappa shape index (κ2) is 3.18. The van der Waals surface area contributed by atoms with E-state index < -0.39 is 0 Å². The minimum atomic E-state index is 0.0185. The van der Waals surface area contributed by atoms with Gasteiger partial charge in [0.2, 0.25) is 0 Å². The van der Waals surface area contributed by atoms with Gasteiger partial charge < -0.3 is 9.72 Å². The molecule has 3 nitrogen and oxygen atoms in total. The predicted molar refractivity (Wildman–Crippen MR) is 54.9 cm³/mol. The van der Waals surface area contributed by atoms with Crippen molar-refractivity contribution in [2.45, 2.75) is 6.92 Å². The zero-order valence-corrected chi connectivity index (χ0v) is 8.13. The SMILES string of the molecule is COc1c(C(C)=O)ccc2[nH]ccc12. The van der Waals surface area contributed by atoms with E-state index in [-0.39, 0.29) is 5.78 Å². The summed E-state index contributed by atoms with van der Waals surface area (Å²) in [5.41, 5.74) is 1.60. The smallest absolute Gasteiger partial charge is 0.163 e. The Bertz CT molecular complexity index is 485. The number of carbonyl (C=O) groups is 1. The molecule has 1 aromatic carbocycles. The third-order valence-electron chi connectivity index (χ3n) is 2.27. The number of Topliss-reactive ketones (excluding diaryl/α,β-unsaturated/α-hetero) is 1. The number of hydrogen-bond donors (Lipinski definition) is 1. The van der Waals surface area contributed by atoms with E-state index in [0.717, 1.165) is 10.9 Å². The van der Waals surface area contributed by atoms with Crippen LogP contribution in [0.2, 0.25) is 0 Å². The maximum atomic E-state index is 11.3. The number of nitrogens with one attached hydrogen (secondary N) is 1.